The molecule has 6 aromatic rings. The van der Waals surface area contributed by atoms with E-state index in [1.807, 2.05) is 71.1 Å². The van der Waals surface area contributed by atoms with E-state index in [0.29, 0.717) is 23.0 Å². The van der Waals surface area contributed by atoms with Gasteiger partial charge in [0.2, 0.25) is 0 Å². The van der Waals surface area contributed by atoms with Crippen molar-refractivity contribution in [3.8, 4) is 23.0 Å². The van der Waals surface area contributed by atoms with E-state index in [9.17, 15) is 20.4 Å². The molecule has 0 bridgehead atoms. The first-order chi connectivity index (χ1) is 21.4. The van der Waals surface area contributed by atoms with Crippen LogP contribution in [0.1, 0.15) is 33.4 Å². The average Bonchev–Trinajstić information content (AvgIpc) is 3.00. The monoisotopic (exact) mass is 604 g/mol. The number of rotatable bonds is 6. The molecular formula is C39H44N2O4. The van der Waals surface area contributed by atoms with Crippen LogP contribution in [0.5, 0.6) is 23.0 Å². The smallest absolute Gasteiger partial charge is 0.119 e. The lowest BCUT2D eigenvalue weighted by atomic mass is 9.92. The first kappa shape index (κ1) is 31.9. The zero-order valence-corrected chi connectivity index (χ0v) is 27.3. The van der Waals surface area contributed by atoms with Crippen molar-refractivity contribution in [3.63, 3.8) is 0 Å². The van der Waals surface area contributed by atoms with E-state index in [2.05, 4.69) is 36.4 Å². The highest BCUT2D eigenvalue weighted by Crippen LogP contribution is 2.39. The quantitative estimate of drug-likeness (QED) is 0.124. The Bertz CT molecular complexity index is 2060. The number of aromatic hydroxyl groups is 4. The average molecular weight is 605 g/mol. The number of benzene rings is 6. The number of aryl methyl sites for hydroxylation is 4. The van der Waals surface area contributed by atoms with Crippen molar-refractivity contribution < 1.29 is 20.4 Å². The Morgan fingerprint density at radius 2 is 1.00 bits per heavy atom. The van der Waals surface area contributed by atoms with Gasteiger partial charge in [-0.1, -0.05) is 24.3 Å². The molecule has 0 fully saturated rings. The van der Waals surface area contributed by atoms with Crippen molar-refractivity contribution in [1.82, 2.24) is 10.2 Å². The minimum absolute atomic E-state index is 0.306. The van der Waals surface area contributed by atoms with Crippen LogP contribution < -0.4 is 5.32 Å². The van der Waals surface area contributed by atoms with Crippen molar-refractivity contribution in [3.05, 3.63) is 94.0 Å². The van der Waals surface area contributed by atoms with Crippen LogP contribution in [0.15, 0.2) is 60.7 Å². The van der Waals surface area contributed by atoms with Crippen molar-refractivity contribution >= 4 is 43.1 Å². The van der Waals surface area contributed by atoms with Gasteiger partial charge in [0.25, 0.3) is 0 Å². The summed E-state index contributed by atoms with van der Waals surface area (Å²) in [6, 6.07) is 19.6. The van der Waals surface area contributed by atoms with Gasteiger partial charge in [-0.3, -0.25) is 0 Å². The molecule has 0 aliphatic carbocycles. The predicted octanol–water partition coefficient (Wildman–Crippen LogP) is 7.91. The Labute approximate surface area is 265 Å². The summed E-state index contributed by atoms with van der Waals surface area (Å²) >= 11 is 0. The van der Waals surface area contributed by atoms with E-state index in [-0.39, 0.29) is 0 Å². The van der Waals surface area contributed by atoms with Crippen molar-refractivity contribution in [1.29, 1.82) is 0 Å². The molecule has 6 rings (SSSR count). The van der Waals surface area contributed by atoms with Gasteiger partial charge in [0, 0.05) is 6.54 Å². The third-order valence-electron chi connectivity index (χ3n) is 8.98. The summed E-state index contributed by atoms with van der Waals surface area (Å²) in [6.45, 7) is 9.50. The number of phenols is 4. The first-order valence-corrected chi connectivity index (χ1v) is 15.5. The molecule has 0 atom stereocenters. The number of hydrogen-bond donors (Lipinski definition) is 5. The Morgan fingerprint density at radius 3 is 1.42 bits per heavy atom. The Kier molecular flexibility index (Phi) is 9.10. The summed E-state index contributed by atoms with van der Waals surface area (Å²) in [4.78, 5) is 2.14. The molecule has 0 aromatic heterocycles. The molecule has 6 nitrogen and oxygen atoms in total. The van der Waals surface area contributed by atoms with E-state index >= 15 is 0 Å². The molecule has 5 N–H and O–H groups in total. The number of phenolic OH excluding ortho intramolecular Hbond substituents is 4. The van der Waals surface area contributed by atoms with E-state index in [1.165, 1.54) is 10.8 Å². The number of nitrogens with zero attached hydrogens (tertiary/aromatic N) is 1. The van der Waals surface area contributed by atoms with Crippen LogP contribution in [0.4, 0.5) is 0 Å². The van der Waals surface area contributed by atoms with E-state index < -0.39 is 0 Å². The molecule has 0 amide bonds. The van der Waals surface area contributed by atoms with E-state index in [4.69, 9.17) is 0 Å². The zero-order valence-electron chi connectivity index (χ0n) is 27.3. The fourth-order valence-corrected chi connectivity index (χ4v) is 6.26. The molecule has 0 aliphatic rings. The van der Waals surface area contributed by atoms with Crippen LogP contribution in [0.25, 0.3) is 43.1 Å². The van der Waals surface area contributed by atoms with Crippen LogP contribution in [-0.4, -0.2) is 59.6 Å². The lowest BCUT2D eigenvalue weighted by Gasteiger charge is -2.16. The summed E-state index contributed by atoms with van der Waals surface area (Å²) < 4.78 is 0. The standard InChI is InChI=1S/C20H23NO2.C19H21NO2/c1-12-9-17-14(10-18(12)22)5-6-16-15(7-8-21(3)4)11-19(23)13(2)20(16)17;1-11-8-16-13(9-17(11)21)4-5-15-14(6-7-20-3)10-18(22)12(2)19(15)16/h5-6,9-11,22-23H,7-8H2,1-4H3;4-5,8-10,20-22H,6-7H2,1-3H3. The third kappa shape index (κ3) is 6.21. The van der Waals surface area contributed by atoms with Crippen molar-refractivity contribution in [2.24, 2.45) is 0 Å². The predicted molar refractivity (Wildman–Crippen MR) is 188 cm³/mol. The summed E-state index contributed by atoms with van der Waals surface area (Å²) in [5.74, 6) is 1.28. The van der Waals surface area contributed by atoms with E-state index in [0.717, 1.165) is 91.6 Å². The van der Waals surface area contributed by atoms with Gasteiger partial charge in [-0.15, -0.1) is 0 Å². The summed E-state index contributed by atoms with van der Waals surface area (Å²) in [7, 11) is 6.04. The van der Waals surface area contributed by atoms with Crippen LogP contribution in [0.2, 0.25) is 0 Å². The molecule has 0 aliphatic heterocycles. The fourth-order valence-electron chi connectivity index (χ4n) is 6.26. The van der Waals surface area contributed by atoms with Gasteiger partial charge >= 0.3 is 0 Å². The molecule has 6 heteroatoms. The highest BCUT2D eigenvalue weighted by atomic mass is 16.3. The molecule has 45 heavy (non-hydrogen) atoms. The molecular weight excluding hydrogens is 560 g/mol. The molecule has 0 heterocycles. The lowest BCUT2D eigenvalue weighted by molar-refractivity contribution is 0.413. The van der Waals surface area contributed by atoms with Gasteiger partial charge in [-0.2, -0.15) is 0 Å². The summed E-state index contributed by atoms with van der Waals surface area (Å²) in [6.07, 6.45) is 1.75. The maximum atomic E-state index is 10.4. The summed E-state index contributed by atoms with van der Waals surface area (Å²) in [5, 5.41) is 52.4. The Morgan fingerprint density at radius 1 is 0.556 bits per heavy atom. The summed E-state index contributed by atoms with van der Waals surface area (Å²) in [5.41, 5.74) is 5.77. The third-order valence-corrected chi connectivity index (χ3v) is 8.98. The second kappa shape index (κ2) is 12.8. The van der Waals surface area contributed by atoms with Gasteiger partial charge in [-0.05, 0) is 181 Å². The SMILES string of the molecule is CNCCc1cc(O)c(C)c2c1ccc1cc(O)c(C)cc12.Cc1cc2c(ccc3c(CCN(C)C)cc(O)c(C)c32)cc1O. The van der Waals surface area contributed by atoms with Gasteiger partial charge in [0.1, 0.15) is 23.0 Å². The molecule has 6 aromatic carbocycles. The zero-order chi connectivity index (χ0) is 32.6. The molecule has 234 valence electrons. The van der Waals surface area contributed by atoms with Crippen LogP contribution >= 0.6 is 0 Å². The number of likely N-dealkylation sites (N-methyl/N-ethyl adjacent to an activating group) is 2. The van der Waals surface area contributed by atoms with Crippen molar-refractivity contribution in [2.45, 2.75) is 40.5 Å². The van der Waals surface area contributed by atoms with Gasteiger partial charge in [0.15, 0.2) is 0 Å². The first-order valence-electron chi connectivity index (χ1n) is 15.5. The Hall–Kier alpha value is -4.52. The maximum Gasteiger partial charge on any atom is 0.119 e. The largest absolute Gasteiger partial charge is 0.508 e. The van der Waals surface area contributed by atoms with Gasteiger partial charge < -0.3 is 30.6 Å². The minimum Gasteiger partial charge on any atom is -0.508 e. The van der Waals surface area contributed by atoms with Crippen LogP contribution in [0, 0.1) is 27.7 Å². The van der Waals surface area contributed by atoms with Crippen LogP contribution in [0.3, 0.4) is 0 Å². The normalized spacial score (nSPS) is 11.6. The molecule has 0 unspecified atom stereocenters. The van der Waals surface area contributed by atoms with Gasteiger partial charge in [-0.25, -0.2) is 0 Å². The second-order valence-electron chi connectivity index (χ2n) is 12.5. The topological polar surface area (TPSA) is 96.2 Å². The van der Waals surface area contributed by atoms with Gasteiger partial charge in [0.05, 0.1) is 0 Å². The molecule has 0 spiro atoms. The minimum atomic E-state index is 0.306. The number of nitrogens with one attached hydrogen (secondary N) is 1. The highest BCUT2D eigenvalue weighted by molar-refractivity contribution is 6.12. The number of fused-ring (bicyclic) bond motifs is 6. The lowest BCUT2D eigenvalue weighted by Crippen LogP contribution is -2.15. The van der Waals surface area contributed by atoms with E-state index in [1.54, 1.807) is 12.1 Å². The highest BCUT2D eigenvalue weighted by Gasteiger charge is 2.14. The van der Waals surface area contributed by atoms with Crippen LogP contribution in [-0.2, 0) is 12.8 Å². The Balaban J connectivity index is 0.000000178. The fraction of sp³-hybridized carbons (Fsp3) is 0.282. The number of hydrogen-bond acceptors (Lipinski definition) is 6. The molecule has 0 saturated heterocycles. The van der Waals surface area contributed by atoms with Crippen molar-refractivity contribution in [2.75, 3.05) is 34.2 Å². The molecule has 0 radical (unpaired) electrons. The molecule has 0 saturated carbocycles. The maximum absolute atomic E-state index is 10.4. The second-order valence-corrected chi connectivity index (χ2v) is 12.5.